The van der Waals surface area contributed by atoms with Gasteiger partial charge in [-0.15, -0.1) is 0 Å². The van der Waals surface area contributed by atoms with Gasteiger partial charge in [0, 0.05) is 11.6 Å². The van der Waals surface area contributed by atoms with E-state index in [-0.39, 0.29) is 0 Å². The van der Waals surface area contributed by atoms with E-state index in [1.54, 1.807) is 14.2 Å². The van der Waals surface area contributed by atoms with E-state index >= 15 is 0 Å². The fourth-order valence-electron chi connectivity index (χ4n) is 3.23. The summed E-state index contributed by atoms with van der Waals surface area (Å²) in [5.41, 5.74) is 7.21. The highest BCUT2D eigenvalue weighted by molar-refractivity contribution is 5.42. The molecule has 2 atom stereocenters. The van der Waals surface area contributed by atoms with Crippen LogP contribution in [0.5, 0.6) is 11.5 Å². The minimum Gasteiger partial charge on any atom is -0.497 e. The Labute approximate surface area is 121 Å². The van der Waals surface area contributed by atoms with Crippen LogP contribution in [-0.2, 0) is 0 Å². The van der Waals surface area contributed by atoms with Crippen molar-refractivity contribution in [2.75, 3.05) is 34.4 Å². The minimum absolute atomic E-state index is 0.299. The largest absolute Gasteiger partial charge is 0.497 e. The lowest BCUT2D eigenvalue weighted by molar-refractivity contribution is 0.191. The standard InChI is InChI=1S/C16H26N2O2/c1-18-9-5-4-6-12(11-17)16(18)14-10-13(19-2)7-8-15(14)20-3/h7-8,10,12,16H,4-6,9,11,17H2,1-3H3. The van der Waals surface area contributed by atoms with E-state index in [2.05, 4.69) is 18.0 Å². The van der Waals surface area contributed by atoms with Crippen LogP contribution in [0.3, 0.4) is 0 Å². The Morgan fingerprint density at radius 3 is 2.70 bits per heavy atom. The molecule has 2 N–H and O–H groups in total. The van der Waals surface area contributed by atoms with Crippen LogP contribution in [0.4, 0.5) is 0 Å². The van der Waals surface area contributed by atoms with Crippen LogP contribution < -0.4 is 15.2 Å². The van der Waals surface area contributed by atoms with Crippen LogP contribution >= 0.6 is 0 Å². The predicted octanol–water partition coefficient (Wildman–Crippen LogP) is 2.44. The monoisotopic (exact) mass is 278 g/mol. The van der Waals surface area contributed by atoms with Crippen molar-refractivity contribution in [3.05, 3.63) is 23.8 Å². The molecular weight excluding hydrogens is 252 g/mol. The molecule has 1 heterocycles. The smallest absolute Gasteiger partial charge is 0.123 e. The highest BCUT2D eigenvalue weighted by Gasteiger charge is 2.30. The molecule has 20 heavy (non-hydrogen) atoms. The summed E-state index contributed by atoms with van der Waals surface area (Å²) in [4.78, 5) is 2.40. The Bertz CT molecular complexity index is 436. The number of methoxy groups -OCH3 is 2. The first-order chi connectivity index (χ1) is 9.71. The van der Waals surface area contributed by atoms with Gasteiger partial charge in [0.2, 0.25) is 0 Å². The van der Waals surface area contributed by atoms with Crippen LogP contribution in [0, 0.1) is 5.92 Å². The van der Waals surface area contributed by atoms with Crippen molar-refractivity contribution in [1.82, 2.24) is 4.90 Å². The Morgan fingerprint density at radius 1 is 1.25 bits per heavy atom. The third kappa shape index (κ3) is 3.07. The van der Waals surface area contributed by atoms with Crippen LogP contribution in [0.15, 0.2) is 18.2 Å². The zero-order valence-corrected chi connectivity index (χ0v) is 12.8. The molecule has 1 saturated heterocycles. The van der Waals surface area contributed by atoms with Crippen molar-refractivity contribution in [2.24, 2.45) is 11.7 Å². The molecule has 0 aliphatic carbocycles. The molecule has 0 saturated carbocycles. The van der Waals surface area contributed by atoms with Crippen LogP contribution in [-0.4, -0.2) is 39.3 Å². The molecule has 2 rings (SSSR count). The minimum atomic E-state index is 0.299. The number of nitrogens with zero attached hydrogens (tertiary/aromatic N) is 1. The Morgan fingerprint density at radius 2 is 2.05 bits per heavy atom. The first-order valence-corrected chi connectivity index (χ1v) is 7.33. The summed E-state index contributed by atoms with van der Waals surface area (Å²) in [6.07, 6.45) is 3.65. The first kappa shape index (κ1) is 15.1. The summed E-state index contributed by atoms with van der Waals surface area (Å²) in [5, 5.41) is 0. The molecule has 4 nitrogen and oxygen atoms in total. The van der Waals surface area contributed by atoms with Gasteiger partial charge in [0.15, 0.2) is 0 Å². The zero-order chi connectivity index (χ0) is 14.5. The second kappa shape index (κ2) is 6.95. The number of ether oxygens (including phenoxy) is 2. The van der Waals surface area contributed by atoms with Gasteiger partial charge >= 0.3 is 0 Å². The fourth-order valence-corrected chi connectivity index (χ4v) is 3.23. The summed E-state index contributed by atoms with van der Waals surface area (Å²) < 4.78 is 10.9. The lowest BCUT2D eigenvalue weighted by Crippen LogP contribution is -2.33. The van der Waals surface area contributed by atoms with Gasteiger partial charge in [-0.2, -0.15) is 0 Å². The molecule has 2 unspecified atom stereocenters. The van der Waals surface area contributed by atoms with Crippen molar-refractivity contribution in [3.8, 4) is 11.5 Å². The van der Waals surface area contributed by atoms with Gasteiger partial charge in [-0.05, 0) is 57.1 Å². The summed E-state index contributed by atoms with van der Waals surface area (Å²) in [5.74, 6) is 2.25. The topological polar surface area (TPSA) is 47.7 Å². The molecule has 0 spiro atoms. The maximum absolute atomic E-state index is 6.03. The predicted molar refractivity (Wildman–Crippen MR) is 81.3 cm³/mol. The molecule has 112 valence electrons. The number of hydrogen-bond donors (Lipinski definition) is 1. The number of benzene rings is 1. The highest BCUT2D eigenvalue weighted by atomic mass is 16.5. The van der Waals surface area contributed by atoms with Crippen molar-refractivity contribution in [1.29, 1.82) is 0 Å². The summed E-state index contributed by atoms with van der Waals surface area (Å²) >= 11 is 0. The van der Waals surface area contributed by atoms with Crippen molar-refractivity contribution in [3.63, 3.8) is 0 Å². The Balaban J connectivity index is 2.43. The number of rotatable bonds is 4. The lowest BCUT2D eigenvalue weighted by atomic mass is 9.89. The van der Waals surface area contributed by atoms with Gasteiger partial charge in [-0.1, -0.05) is 6.42 Å². The number of hydrogen-bond acceptors (Lipinski definition) is 4. The maximum atomic E-state index is 6.03. The van der Waals surface area contributed by atoms with E-state index in [1.807, 2.05) is 12.1 Å². The van der Waals surface area contributed by atoms with E-state index in [4.69, 9.17) is 15.2 Å². The normalized spacial score (nSPS) is 24.2. The Kier molecular flexibility index (Phi) is 5.26. The fraction of sp³-hybridized carbons (Fsp3) is 0.625. The van der Waals surface area contributed by atoms with Crippen LogP contribution in [0.25, 0.3) is 0 Å². The molecule has 1 aliphatic rings. The summed E-state index contributed by atoms with van der Waals surface area (Å²) in [7, 11) is 5.60. The van der Waals surface area contributed by atoms with E-state index in [0.717, 1.165) is 18.0 Å². The molecule has 0 bridgehead atoms. The second-order valence-electron chi connectivity index (χ2n) is 5.52. The average Bonchev–Trinajstić information content (AvgIpc) is 2.67. The van der Waals surface area contributed by atoms with E-state index < -0.39 is 0 Å². The van der Waals surface area contributed by atoms with Gasteiger partial charge in [0.25, 0.3) is 0 Å². The van der Waals surface area contributed by atoms with E-state index in [1.165, 1.54) is 24.8 Å². The molecule has 0 radical (unpaired) electrons. The SMILES string of the molecule is COc1ccc(OC)c(C2C(CN)CCCCN2C)c1. The van der Waals surface area contributed by atoms with Crippen molar-refractivity contribution >= 4 is 0 Å². The second-order valence-corrected chi connectivity index (χ2v) is 5.52. The zero-order valence-electron chi connectivity index (χ0n) is 12.8. The number of nitrogens with two attached hydrogens (primary N) is 1. The molecule has 1 aromatic rings. The molecule has 1 fully saturated rings. The van der Waals surface area contributed by atoms with Crippen LogP contribution in [0.2, 0.25) is 0 Å². The quantitative estimate of drug-likeness (QED) is 0.919. The van der Waals surface area contributed by atoms with Gasteiger partial charge in [-0.3, -0.25) is 4.90 Å². The third-order valence-electron chi connectivity index (χ3n) is 4.32. The van der Waals surface area contributed by atoms with Gasteiger partial charge in [0.05, 0.1) is 14.2 Å². The maximum Gasteiger partial charge on any atom is 0.123 e. The summed E-state index contributed by atoms with van der Waals surface area (Å²) in [6.45, 7) is 1.80. The number of likely N-dealkylation sites (tertiary alicyclic amines) is 1. The molecule has 1 aliphatic heterocycles. The molecular formula is C16H26N2O2. The van der Waals surface area contributed by atoms with E-state index in [9.17, 15) is 0 Å². The molecule has 1 aromatic carbocycles. The van der Waals surface area contributed by atoms with Crippen molar-refractivity contribution in [2.45, 2.75) is 25.3 Å². The van der Waals surface area contributed by atoms with Gasteiger partial charge in [0.1, 0.15) is 11.5 Å². The van der Waals surface area contributed by atoms with Gasteiger partial charge < -0.3 is 15.2 Å². The molecule has 4 heteroatoms. The lowest BCUT2D eigenvalue weighted by Gasteiger charge is -2.33. The Hall–Kier alpha value is -1.26. The molecule has 0 amide bonds. The average molecular weight is 278 g/mol. The van der Waals surface area contributed by atoms with Crippen LogP contribution in [0.1, 0.15) is 30.9 Å². The molecule has 0 aromatic heterocycles. The first-order valence-electron chi connectivity index (χ1n) is 7.33. The van der Waals surface area contributed by atoms with Crippen molar-refractivity contribution < 1.29 is 9.47 Å². The van der Waals surface area contributed by atoms with Gasteiger partial charge in [-0.25, -0.2) is 0 Å². The third-order valence-corrected chi connectivity index (χ3v) is 4.32. The highest BCUT2D eigenvalue weighted by Crippen LogP contribution is 2.39. The summed E-state index contributed by atoms with van der Waals surface area (Å²) in [6, 6.07) is 6.32. The van der Waals surface area contributed by atoms with E-state index in [0.29, 0.717) is 18.5 Å².